The Hall–Kier alpha value is -1.86. The number of carbonyl (C=O) groups is 5. The summed E-state index contributed by atoms with van der Waals surface area (Å²) in [4.78, 5) is 55.8. The van der Waals surface area contributed by atoms with Gasteiger partial charge in [-0.25, -0.2) is 0 Å². The third kappa shape index (κ3) is 12.2. The normalized spacial score (nSPS) is 13.9. The molecule has 9 N–H and O–H groups in total. The molecule has 0 rings (SSSR count). The Kier molecular flexibility index (Phi) is 12.4. The van der Waals surface area contributed by atoms with Gasteiger partial charge in [0.2, 0.25) is 0 Å². The van der Waals surface area contributed by atoms with E-state index in [2.05, 4.69) is 10.6 Å². The van der Waals surface area contributed by atoms with Gasteiger partial charge >= 0.3 is 164 Å². The first-order valence-electron chi connectivity index (χ1n) is 7.54. The molecule has 0 saturated heterocycles. The Balaban J connectivity index is 4.61. The molecule has 0 bridgehead atoms. The van der Waals surface area contributed by atoms with Gasteiger partial charge in [-0.1, -0.05) is 0 Å². The van der Waals surface area contributed by atoms with Crippen LogP contribution in [-0.4, -0.2) is 89.3 Å². The van der Waals surface area contributed by atoms with Crippen molar-refractivity contribution in [2.45, 2.75) is 36.3 Å². The van der Waals surface area contributed by atoms with Gasteiger partial charge in [0.1, 0.15) is 0 Å². The van der Waals surface area contributed by atoms with Crippen molar-refractivity contribution in [3.05, 3.63) is 0 Å². The molecule has 0 radical (unpaired) electrons. The maximum atomic E-state index is 12.0. The average Bonchev–Trinajstić information content (AvgIpc) is 2.59. The molecule has 0 saturated carbocycles. The van der Waals surface area contributed by atoms with Gasteiger partial charge in [0.25, 0.3) is 0 Å². The number of nitrogens with two attached hydrogens (primary N) is 2. The van der Waals surface area contributed by atoms with Crippen LogP contribution in [-0.2, 0) is 24.0 Å². The van der Waals surface area contributed by atoms with Gasteiger partial charge in [-0.3, -0.25) is 0 Å². The summed E-state index contributed by atoms with van der Waals surface area (Å²) in [6.45, 7) is -0.630. The van der Waals surface area contributed by atoms with Crippen LogP contribution in [0.3, 0.4) is 0 Å². The van der Waals surface area contributed by atoms with Gasteiger partial charge in [0.15, 0.2) is 0 Å². The van der Waals surface area contributed by atoms with Crippen LogP contribution in [0.15, 0.2) is 0 Å². The molecule has 12 nitrogen and oxygen atoms in total. The number of aliphatic carboxylic acids is 3. The van der Waals surface area contributed by atoms with Gasteiger partial charge in [0, 0.05) is 0 Å². The van der Waals surface area contributed by atoms with Crippen molar-refractivity contribution in [3.8, 4) is 0 Å². The minimum absolute atomic E-state index is 0.0779. The van der Waals surface area contributed by atoms with E-state index in [1.807, 2.05) is 0 Å². The SMILES string of the molecule is N[C@@H](CCC(=O)N[C@@H](CS[Se]C[C@H](N)C(=O)O)C(=O)NCC(=O)O)C(=O)O. The third-order valence-corrected chi connectivity index (χ3v) is 7.24. The van der Waals surface area contributed by atoms with Crippen LogP contribution < -0.4 is 22.1 Å². The molecule has 0 unspecified atom stereocenters. The zero-order valence-electron chi connectivity index (χ0n) is 14.1. The van der Waals surface area contributed by atoms with Crippen molar-refractivity contribution in [2.75, 3.05) is 12.3 Å². The summed E-state index contributed by atoms with van der Waals surface area (Å²) in [5.74, 6) is -4.92. The van der Waals surface area contributed by atoms with Crippen LogP contribution in [0.4, 0.5) is 0 Å². The first-order valence-corrected chi connectivity index (χ1v) is 11.8. The van der Waals surface area contributed by atoms with Gasteiger partial charge in [0.05, 0.1) is 0 Å². The summed E-state index contributed by atoms with van der Waals surface area (Å²) in [7, 11) is 1.22. The zero-order valence-corrected chi connectivity index (χ0v) is 16.7. The molecular weight excluding hydrogens is 451 g/mol. The van der Waals surface area contributed by atoms with Gasteiger partial charge in [-0.2, -0.15) is 0 Å². The van der Waals surface area contributed by atoms with E-state index < -0.39 is 54.4 Å². The van der Waals surface area contributed by atoms with Gasteiger partial charge in [-0.05, 0) is 0 Å². The van der Waals surface area contributed by atoms with E-state index in [0.717, 1.165) is 0 Å². The molecule has 2 amide bonds. The van der Waals surface area contributed by atoms with Crippen LogP contribution in [0.1, 0.15) is 12.8 Å². The van der Waals surface area contributed by atoms with Crippen molar-refractivity contribution in [3.63, 3.8) is 0 Å². The maximum absolute atomic E-state index is 12.0. The number of hydrogen-bond acceptors (Lipinski definition) is 8. The number of nitrogens with one attached hydrogen (secondary N) is 2. The molecule has 14 heteroatoms. The van der Waals surface area contributed by atoms with E-state index >= 15 is 0 Å². The molecule has 0 aliphatic carbocycles. The quantitative estimate of drug-likeness (QED) is 0.0997. The van der Waals surface area contributed by atoms with Crippen LogP contribution in [0.2, 0.25) is 5.32 Å². The number of hydrogen-bond donors (Lipinski definition) is 7. The van der Waals surface area contributed by atoms with Crippen LogP contribution >= 0.6 is 10.2 Å². The number of rotatable bonds is 14. The number of amides is 2. The van der Waals surface area contributed by atoms with E-state index in [9.17, 15) is 24.0 Å². The Morgan fingerprint density at radius 2 is 1.59 bits per heavy atom. The minimum atomic E-state index is -1.26. The monoisotopic (exact) mass is 474 g/mol. The predicted molar refractivity (Wildman–Crippen MR) is 96.1 cm³/mol. The summed E-state index contributed by atoms with van der Waals surface area (Å²) in [5, 5.41) is 30.7. The standard InChI is InChI=1S/C13H22N4O8SSe/c14-6(12(22)23)1-2-9(18)17-8(11(21)16-3-10(19)20)4-26-27-5-7(15)13(24)25/h6-8H,1-5,14-15H2,(H,16,21)(H,17,18)(H,19,20)(H,22,23)(H,24,25)/t6-,7-,8-/m0/s1. The summed E-state index contributed by atoms with van der Waals surface area (Å²) in [6.07, 6.45) is -0.356. The van der Waals surface area contributed by atoms with Crippen LogP contribution in [0.25, 0.3) is 0 Å². The zero-order chi connectivity index (χ0) is 21.0. The summed E-state index contributed by atoms with van der Waals surface area (Å²) in [5.41, 5.74) is 10.7. The Morgan fingerprint density at radius 3 is 2.11 bits per heavy atom. The Bertz CT molecular complexity index is 564. The fourth-order valence-corrected chi connectivity index (χ4v) is 5.45. The number of carbonyl (C=O) groups excluding carboxylic acids is 2. The fourth-order valence-electron chi connectivity index (χ4n) is 1.45. The number of carboxylic acids is 3. The van der Waals surface area contributed by atoms with E-state index in [1.165, 1.54) is 10.2 Å². The van der Waals surface area contributed by atoms with Crippen molar-refractivity contribution < 1.29 is 39.3 Å². The van der Waals surface area contributed by atoms with E-state index in [-0.39, 0.29) is 37.7 Å². The third-order valence-electron chi connectivity index (χ3n) is 2.95. The first kappa shape index (κ1) is 25.1. The van der Waals surface area contributed by atoms with E-state index in [1.54, 1.807) is 0 Å². The molecule has 0 aromatic carbocycles. The average molecular weight is 473 g/mol. The molecule has 0 aliphatic rings. The Labute approximate surface area is 164 Å². The summed E-state index contributed by atoms with van der Waals surface area (Å²) < 4.78 is 0. The van der Waals surface area contributed by atoms with E-state index in [4.69, 9.17) is 26.8 Å². The molecule has 0 heterocycles. The molecule has 0 aromatic rings. The van der Waals surface area contributed by atoms with Crippen molar-refractivity contribution in [2.24, 2.45) is 11.5 Å². The molecule has 27 heavy (non-hydrogen) atoms. The first-order chi connectivity index (χ1) is 12.5. The molecule has 0 fully saturated rings. The topological polar surface area (TPSA) is 222 Å². The second-order valence-electron chi connectivity index (χ2n) is 5.23. The van der Waals surface area contributed by atoms with Crippen LogP contribution in [0.5, 0.6) is 0 Å². The van der Waals surface area contributed by atoms with Gasteiger partial charge < -0.3 is 0 Å². The summed E-state index contributed by atoms with van der Waals surface area (Å²) >= 11 is -0.278. The second-order valence-corrected chi connectivity index (χ2v) is 9.70. The second kappa shape index (κ2) is 13.3. The van der Waals surface area contributed by atoms with Crippen molar-refractivity contribution in [1.82, 2.24) is 10.6 Å². The molecule has 0 aromatic heterocycles. The molecular formula is C13H22N4O8SSe. The van der Waals surface area contributed by atoms with Gasteiger partial charge in [-0.15, -0.1) is 0 Å². The molecule has 0 spiro atoms. The predicted octanol–water partition coefficient (Wildman–Crippen LogP) is -2.95. The number of carboxylic acid groups (broad SMARTS) is 3. The molecule has 0 aliphatic heterocycles. The molecule has 3 atom stereocenters. The Morgan fingerprint density at radius 1 is 1.00 bits per heavy atom. The fraction of sp³-hybridized carbons (Fsp3) is 0.615. The van der Waals surface area contributed by atoms with Crippen molar-refractivity contribution >= 4 is 53.7 Å². The van der Waals surface area contributed by atoms with E-state index in [0.29, 0.717) is 0 Å². The van der Waals surface area contributed by atoms with Crippen LogP contribution in [0, 0.1) is 0 Å². The summed E-state index contributed by atoms with van der Waals surface area (Å²) in [6, 6.07) is -3.31. The van der Waals surface area contributed by atoms with Crippen molar-refractivity contribution in [1.29, 1.82) is 0 Å². The molecule has 154 valence electrons.